The molecule has 0 aromatic carbocycles. The van der Waals surface area contributed by atoms with Gasteiger partial charge in [0.15, 0.2) is 0 Å². The molecule has 0 aliphatic heterocycles. The second-order valence-electron chi connectivity index (χ2n) is 5.62. The Balaban J connectivity index is 1.62. The summed E-state index contributed by atoms with van der Waals surface area (Å²) < 4.78 is 5.93. The first-order chi connectivity index (χ1) is 11.3. The molecule has 4 rings (SSSR count). The first-order valence-corrected chi connectivity index (χ1v) is 7.59. The summed E-state index contributed by atoms with van der Waals surface area (Å²) in [6, 6.07) is 11.5. The number of oxazole rings is 1. The summed E-state index contributed by atoms with van der Waals surface area (Å²) in [5, 5.41) is 9.03. The van der Waals surface area contributed by atoms with Crippen LogP contribution in [0.15, 0.2) is 47.1 Å². The molecule has 0 amide bonds. The number of aryl methyl sites for hydroxylation is 1. The van der Waals surface area contributed by atoms with Crippen LogP contribution in [0.3, 0.4) is 0 Å². The molecule has 23 heavy (non-hydrogen) atoms. The zero-order valence-corrected chi connectivity index (χ0v) is 12.4. The van der Waals surface area contributed by atoms with Crippen molar-refractivity contribution < 1.29 is 4.42 Å². The van der Waals surface area contributed by atoms with E-state index in [-0.39, 0.29) is 5.92 Å². The van der Waals surface area contributed by atoms with E-state index in [9.17, 15) is 0 Å². The molecular weight excluding hydrogens is 288 g/mol. The summed E-state index contributed by atoms with van der Waals surface area (Å²) in [5.41, 5.74) is 3.36. The molecule has 0 N–H and O–H groups in total. The van der Waals surface area contributed by atoms with Gasteiger partial charge in [-0.1, -0.05) is 6.07 Å². The number of rotatable bonds is 2. The molecule has 0 saturated carbocycles. The van der Waals surface area contributed by atoms with E-state index in [1.807, 2.05) is 24.3 Å². The van der Waals surface area contributed by atoms with Gasteiger partial charge < -0.3 is 4.42 Å². The van der Waals surface area contributed by atoms with E-state index in [1.54, 1.807) is 18.5 Å². The van der Waals surface area contributed by atoms with E-state index >= 15 is 0 Å². The van der Waals surface area contributed by atoms with Gasteiger partial charge in [-0.2, -0.15) is 5.26 Å². The van der Waals surface area contributed by atoms with Crippen LogP contribution in [-0.4, -0.2) is 15.0 Å². The lowest BCUT2D eigenvalue weighted by Crippen LogP contribution is -2.13. The summed E-state index contributed by atoms with van der Waals surface area (Å²) in [6.07, 6.45) is 6.01. The molecule has 112 valence electrons. The van der Waals surface area contributed by atoms with Crippen molar-refractivity contribution >= 4 is 0 Å². The molecule has 1 unspecified atom stereocenters. The van der Waals surface area contributed by atoms with Gasteiger partial charge in [-0.15, -0.1) is 0 Å². The lowest BCUT2D eigenvalue weighted by atomic mass is 9.87. The van der Waals surface area contributed by atoms with Gasteiger partial charge >= 0.3 is 0 Å². The summed E-state index contributed by atoms with van der Waals surface area (Å²) in [6.45, 7) is 0. The first-order valence-electron chi connectivity index (χ1n) is 7.59. The van der Waals surface area contributed by atoms with Crippen LogP contribution < -0.4 is 0 Å². The topological polar surface area (TPSA) is 75.6 Å². The van der Waals surface area contributed by atoms with Crippen LogP contribution in [0.2, 0.25) is 0 Å². The lowest BCUT2D eigenvalue weighted by Gasteiger charge is -2.19. The Morgan fingerprint density at radius 3 is 2.96 bits per heavy atom. The van der Waals surface area contributed by atoms with E-state index in [0.29, 0.717) is 11.5 Å². The van der Waals surface area contributed by atoms with Crippen LogP contribution >= 0.6 is 0 Å². The maximum absolute atomic E-state index is 9.03. The average Bonchev–Trinajstić information content (AvgIpc) is 3.06. The summed E-state index contributed by atoms with van der Waals surface area (Å²) >= 11 is 0. The molecule has 5 heteroatoms. The van der Waals surface area contributed by atoms with Crippen molar-refractivity contribution in [3.63, 3.8) is 0 Å². The molecule has 0 radical (unpaired) electrons. The Bertz CT molecular complexity index is 880. The highest BCUT2D eigenvalue weighted by molar-refractivity contribution is 5.47. The van der Waals surface area contributed by atoms with Gasteiger partial charge in [-0.05, 0) is 37.1 Å². The quantitative estimate of drug-likeness (QED) is 0.726. The van der Waals surface area contributed by atoms with Crippen molar-refractivity contribution in [1.82, 2.24) is 15.0 Å². The molecule has 3 heterocycles. The normalized spacial score (nSPS) is 16.6. The summed E-state index contributed by atoms with van der Waals surface area (Å²) in [5.74, 6) is 1.75. The van der Waals surface area contributed by atoms with E-state index < -0.39 is 0 Å². The molecule has 1 aliphatic rings. The highest BCUT2D eigenvalue weighted by Gasteiger charge is 2.26. The van der Waals surface area contributed by atoms with E-state index in [0.717, 1.165) is 42.1 Å². The molecular formula is C18H14N4O. The molecule has 3 aromatic rings. The Morgan fingerprint density at radius 1 is 1.17 bits per heavy atom. The molecule has 1 aliphatic carbocycles. The summed E-state index contributed by atoms with van der Waals surface area (Å²) in [7, 11) is 0. The Kier molecular flexibility index (Phi) is 3.35. The third kappa shape index (κ3) is 2.59. The van der Waals surface area contributed by atoms with Gasteiger partial charge in [0.2, 0.25) is 5.89 Å². The van der Waals surface area contributed by atoms with Crippen LogP contribution in [0.25, 0.3) is 11.6 Å². The van der Waals surface area contributed by atoms with Crippen molar-refractivity contribution in [2.75, 3.05) is 0 Å². The average molecular weight is 302 g/mol. The molecule has 0 bridgehead atoms. The predicted octanol–water partition coefficient (Wildman–Crippen LogP) is 3.28. The van der Waals surface area contributed by atoms with E-state index in [1.165, 1.54) is 0 Å². The fourth-order valence-electron chi connectivity index (χ4n) is 2.97. The maximum Gasteiger partial charge on any atom is 0.245 e. The van der Waals surface area contributed by atoms with Crippen molar-refractivity contribution in [2.45, 2.75) is 25.2 Å². The van der Waals surface area contributed by atoms with Crippen LogP contribution in [-0.2, 0) is 12.8 Å². The van der Waals surface area contributed by atoms with Gasteiger partial charge in [-0.3, -0.25) is 9.97 Å². The summed E-state index contributed by atoms with van der Waals surface area (Å²) in [4.78, 5) is 13.3. The van der Waals surface area contributed by atoms with Crippen molar-refractivity contribution in [1.29, 1.82) is 5.26 Å². The standard InChI is InChI=1S/C18H14N4O/c19-11-12-6-8-21-16(9-12)13-4-5-14-17(10-13)23-18(22-14)15-3-1-2-7-20-15/h1-3,6-9,13H,4-5,10H2. The minimum atomic E-state index is 0.264. The van der Waals surface area contributed by atoms with E-state index in [2.05, 4.69) is 21.0 Å². The van der Waals surface area contributed by atoms with E-state index in [4.69, 9.17) is 9.68 Å². The zero-order valence-electron chi connectivity index (χ0n) is 12.4. The monoisotopic (exact) mass is 302 g/mol. The maximum atomic E-state index is 9.03. The second kappa shape index (κ2) is 5.65. The number of hydrogen-bond acceptors (Lipinski definition) is 5. The largest absolute Gasteiger partial charge is 0.440 e. The van der Waals surface area contributed by atoms with Gasteiger partial charge in [0.1, 0.15) is 11.5 Å². The minimum Gasteiger partial charge on any atom is -0.440 e. The molecule has 0 spiro atoms. The molecule has 0 fully saturated rings. The van der Waals surface area contributed by atoms with Gasteiger partial charge in [0, 0.05) is 30.4 Å². The molecule has 1 atom stereocenters. The fourth-order valence-corrected chi connectivity index (χ4v) is 2.97. The van der Waals surface area contributed by atoms with Crippen LogP contribution in [0.1, 0.15) is 35.1 Å². The predicted molar refractivity (Wildman–Crippen MR) is 83.5 cm³/mol. The SMILES string of the molecule is N#Cc1ccnc(C2CCc3nc(-c4ccccn4)oc3C2)c1. The number of nitriles is 1. The first kappa shape index (κ1) is 13.6. The zero-order chi connectivity index (χ0) is 15.6. The van der Waals surface area contributed by atoms with Gasteiger partial charge in [-0.25, -0.2) is 4.98 Å². The van der Waals surface area contributed by atoms with Crippen molar-refractivity contribution in [2.24, 2.45) is 0 Å². The number of hydrogen-bond donors (Lipinski definition) is 0. The minimum absolute atomic E-state index is 0.264. The number of nitrogens with zero attached hydrogens (tertiary/aromatic N) is 4. The lowest BCUT2D eigenvalue weighted by molar-refractivity contribution is 0.453. The van der Waals surface area contributed by atoms with Crippen LogP contribution in [0.4, 0.5) is 0 Å². The van der Waals surface area contributed by atoms with Crippen molar-refractivity contribution in [3.8, 4) is 17.7 Å². The molecule has 0 saturated heterocycles. The molecule has 5 nitrogen and oxygen atoms in total. The number of pyridine rings is 2. The second-order valence-corrected chi connectivity index (χ2v) is 5.62. The van der Waals surface area contributed by atoms with Gasteiger partial charge in [0.05, 0.1) is 17.3 Å². The fraction of sp³-hybridized carbons (Fsp3) is 0.222. The van der Waals surface area contributed by atoms with Crippen molar-refractivity contribution in [3.05, 3.63) is 65.4 Å². The highest BCUT2D eigenvalue weighted by Crippen LogP contribution is 2.34. The Morgan fingerprint density at radius 2 is 2.13 bits per heavy atom. The van der Waals surface area contributed by atoms with Crippen LogP contribution in [0.5, 0.6) is 0 Å². The highest BCUT2D eigenvalue weighted by atomic mass is 16.4. The van der Waals surface area contributed by atoms with Gasteiger partial charge in [0.25, 0.3) is 0 Å². The Labute approximate surface area is 133 Å². The smallest absolute Gasteiger partial charge is 0.245 e. The third-order valence-corrected chi connectivity index (χ3v) is 4.15. The molecule has 3 aromatic heterocycles. The van der Waals surface area contributed by atoms with Crippen LogP contribution in [0, 0.1) is 11.3 Å². The third-order valence-electron chi connectivity index (χ3n) is 4.15. The number of aromatic nitrogens is 3. The Hall–Kier alpha value is -3.00. The number of fused-ring (bicyclic) bond motifs is 1.